The van der Waals surface area contributed by atoms with Gasteiger partial charge in [-0.25, -0.2) is 5.84 Å². The zero-order valence-corrected chi connectivity index (χ0v) is 6.74. The van der Waals surface area contributed by atoms with Crippen molar-refractivity contribution in [3.05, 3.63) is 25.2 Å². The third-order valence-corrected chi connectivity index (χ3v) is 1.01. The van der Waals surface area contributed by atoms with Crippen LogP contribution in [0.3, 0.4) is 0 Å². The molecule has 1 heterocycles. The van der Waals surface area contributed by atoms with Gasteiger partial charge in [0.2, 0.25) is 0 Å². The number of hydrogen-bond acceptors (Lipinski definition) is 3. The average Bonchev–Trinajstić information content (AvgIpc) is 2.14. The third-order valence-electron chi connectivity index (χ3n) is 1.01. The molecule has 52 valence electrons. The molecule has 0 saturated heterocycles. The fourth-order valence-corrected chi connectivity index (χ4v) is 0.573. The standard InChI is InChI=1S/C5H9N3.BrH/c1-2-7-3-4-8(6)5-7;/h2-4H,1,5-6H2;1H. The first-order valence-electron chi connectivity index (χ1n) is 2.41. The molecule has 0 aromatic carbocycles. The topological polar surface area (TPSA) is 32.5 Å². The molecule has 0 unspecified atom stereocenters. The predicted octanol–water partition coefficient (Wildman–Crippen LogP) is 0.628. The lowest BCUT2D eigenvalue weighted by atomic mass is 10.8. The van der Waals surface area contributed by atoms with Crippen molar-refractivity contribution in [1.29, 1.82) is 0 Å². The monoisotopic (exact) mass is 191 g/mol. The van der Waals surface area contributed by atoms with Gasteiger partial charge in [0.1, 0.15) is 6.67 Å². The van der Waals surface area contributed by atoms with Gasteiger partial charge in [-0.1, -0.05) is 6.58 Å². The summed E-state index contributed by atoms with van der Waals surface area (Å²) >= 11 is 0. The third kappa shape index (κ3) is 2.07. The first kappa shape index (κ1) is 8.52. The van der Waals surface area contributed by atoms with E-state index in [4.69, 9.17) is 5.84 Å². The molecule has 0 saturated carbocycles. The van der Waals surface area contributed by atoms with Gasteiger partial charge >= 0.3 is 0 Å². The van der Waals surface area contributed by atoms with Crippen LogP contribution in [0, 0.1) is 0 Å². The van der Waals surface area contributed by atoms with E-state index in [0.29, 0.717) is 6.67 Å². The van der Waals surface area contributed by atoms with Gasteiger partial charge in [-0.15, -0.1) is 17.0 Å². The molecule has 0 spiro atoms. The average molecular weight is 192 g/mol. The lowest BCUT2D eigenvalue weighted by Crippen LogP contribution is -2.27. The Labute approximate surface area is 65.2 Å². The first-order valence-corrected chi connectivity index (χ1v) is 2.41. The zero-order valence-electron chi connectivity index (χ0n) is 5.03. The van der Waals surface area contributed by atoms with Crippen molar-refractivity contribution in [1.82, 2.24) is 9.91 Å². The van der Waals surface area contributed by atoms with E-state index in [9.17, 15) is 0 Å². The molecule has 2 N–H and O–H groups in total. The van der Waals surface area contributed by atoms with Gasteiger partial charge in [-0.05, 0) is 6.20 Å². The SMILES string of the molecule is Br.C=CN1C=CN(N)C1. The van der Waals surface area contributed by atoms with Crippen molar-refractivity contribution in [2.24, 2.45) is 5.84 Å². The molecule has 0 aromatic rings. The molecule has 0 fully saturated rings. The van der Waals surface area contributed by atoms with Crippen LogP contribution in [0.5, 0.6) is 0 Å². The lowest BCUT2D eigenvalue weighted by Gasteiger charge is -2.11. The maximum absolute atomic E-state index is 5.36. The van der Waals surface area contributed by atoms with E-state index in [1.54, 1.807) is 17.4 Å². The van der Waals surface area contributed by atoms with Crippen LogP contribution in [0.1, 0.15) is 0 Å². The smallest absolute Gasteiger partial charge is 0.108 e. The van der Waals surface area contributed by atoms with E-state index in [2.05, 4.69) is 6.58 Å². The summed E-state index contributed by atoms with van der Waals surface area (Å²) in [5.41, 5.74) is 0. The van der Waals surface area contributed by atoms with Crippen LogP contribution in [-0.2, 0) is 0 Å². The van der Waals surface area contributed by atoms with Gasteiger partial charge in [0.15, 0.2) is 0 Å². The minimum Gasteiger partial charge on any atom is -0.334 e. The van der Waals surface area contributed by atoms with Crippen molar-refractivity contribution < 1.29 is 0 Å². The first-order chi connectivity index (χ1) is 3.83. The van der Waals surface area contributed by atoms with Crippen molar-refractivity contribution >= 4 is 17.0 Å². The number of nitrogens with zero attached hydrogens (tertiary/aromatic N) is 2. The van der Waals surface area contributed by atoms with Crippen molar-refractivity contribution in [3.8, 4) is 0 Å². The summed E-state index contributed by atoms with van der Waals surface area (Å²) in [5.74, 6) is 5.36. The summed E-state index contributed by atoms with van der Waals surface area (Å²) in [4.78, 5) is 1.89. The Hall–Kier alpha value is -0.480. The van der Waals surface area contributed by atoms with E-state index >= 15 is 0 Å². The molecule has 1 aliphatic rings. The Bertz CT molecular complexity index is 123. The van der Waals surface area contributed by atoms with E-state index in [1.165, 1.54) is 0 Å². The Morgan fingerprint density at radius 1 is 1.56 bits per heavy atom. The highest BCUT2D eigenvalue weighted by molar-refractivity contribution is 8.93. The van der Waals surface area contributed by atoms with Crippen LogP contribution < -0.4 is 5.84 Å². The number of nitrogens with two attached hydrogens (primary N) is 1. The van der Waals surface area contributed by atoms with Crippen molar-refractivity contribution in [2.75, 3.05) is 6.67 Å². The van der Waals surface area contributed by atoms with Crippen LogP contribution in [0.15, 0.2) is 25.2 Å². The highest BCUT2D eigenvalue weighted by Crippen LogP contribution is 1.99. The molecule has 1 rings (SSSR count). The molecule has 0 amide bonds. The summed E-state index contributed by atoms with van der Waals surface area (Å²) < 4.78 is 0. The lowest BCUT2D eigenvalue weighted by molar-refractivity contribution is 0.325. The number of rotatable bonds is 1. The molecule has 0 radical (unpaired) electrons. The molecular formula is C5H10BrN3. The minimum atomic E-state index is 0. The second kappa shape index (κ2) is 3.53. The van der Waals surface area contributed by atoms with Crippen molar-refractivity contribution in [3.63, 3.8) is 0 Å². The van der Waals surface area contributed by atoms with Crippen LogP contribution >= 0.6 is 17.0 Å². The van der Waals surface area contributed by atoms with Gasteiger partial charge < -0.3 is 4.90 Å². The quantitative estimate of drug-likeness (QED) is 0.618. The van der Waals surface area contributed by atoms with E-state index in [0.717, 1.165) is 0 Å². The van der Waals surface area contributed by atoms with Crippen molar-refractivity contribution in [2.45, 2.75) is 0 Å². The molecular weight excluding hydrogens is 182 g/mol. The largest absolute Gasteiger partial charge is 0.334 e. The minimum absolute atomic E-state index is 0. The summed E-state index contributed by atoms with van der Waals surface area (Å²) in [6, 6.07) is 0. The van der Waals surface area contributed by atoms with Crippen LogP contribution in [-0.4, -0.2) is 16.6 Å². The molecule has 0 aliphatic carbocycles. The Morgan fingerprint density at radius 2 is 2.22 bits per heavy atom. The Morgan fingerprint density at radius 3 is 2.44 bits per heavy atom. The number of hydrazine groups is 1. The van der Waals surface area contributed by atoms with E-state index < -0.39 is 0 Å². The zero-order chi connectivity index (χ0) is 5.98. The highest BCUT2D eigenvalue weighted by Gasteiger charge is 2.02. The van der Waals surface area contributed by atoms with Crippen LogP contribution in [0.4, 0.5) is 0 Å². The van der Waals surface area contributed by atoms with Gasteiger partial charge in [-0.2, -0.15) is 0 Å². The maximum atomic E-state index is 5.36. The second-order valence-electron chi connectivity index (χ2n) is 1.65. The van der Waals surface area contributed by atoms with Gasteiger partial charge in [0.05, 0.1) is 0 Å². The molecule has 1 aliphatic heterocycles. The summed E-state index contributed by atoms with van der Waals surface area (Å²) in [6.45, 7) is 4.28. The number of halogens is 1. The normalized spacial score (nSPS) is 15.7. The molecule has 9 heavy (non-hydrogen) atoms. The van der Waals surface area contributed by atoms with Gasteiger partial charge in [0, 0.05) is 12.4 Å². The Balaban J connectivity index is 0.000000640. The molecule has 3 nitrogen and oxygen atoms in total. The maximum Gasteiger partial charge on any atom is 0.108 e. The Kier molecular flexibility index (Phi) is 3.34. The van der Waals surface area contributed by atoms with Crippen LogP contribution in [0.2, 0.25) is 0 Å². The predicted molar refractivity (Wildman–Crippen MR) is 42.4 cm³/mol. The van der Waals surface area contributed by atoms with E-state index in [1.807, 2.05) is 11.1 Å². The summed E-state index contributed by atoms with van der Waals surface area (Å²) in [7, 11) is 0. The summed E-state index contributed by atoms with van der Waals surface area (Å²) in [6.07, 6.45) is 5.39. The second-order valence-corrected chi connectivity index (χ2v) is 1.65. The summed E-state index contributed by atoms with van der Waals surface area (Å²) in [5, 5.41) is 1.58. The fraction of sp³-hybridized carbons (Fsp3) is 0.200. The van der Waals surface area contributed by atoms with Crippen LogP contribution in [0.25, 0.3) is 0 Å². The molecule has 0 aromatic heterocycles. The molecule has 0 bridgehead atoms. The van der Waals surface area contributed by atoms with Gasteiger partial charge in [0.25, 0.3) is 0 Å². The number of hydrogen-bond donors (Lipinski definition) is 1. The highest BCUT2D eigenvalue weighted by atomic mass is 79.9. The van der Waals surface area contributed by atoms with Gasteiger partial charge in [-0.3, -0.25) is 5.01 Å². The van der Waals surface area contributed by atoms with E-state index in [-0.39, 0.29) is 17.0 Å². The fourth-order valence-electron chi connectivity index (χ4n) is 0.573. The molecule has 4 heteroatoms. The molecule has 0 atom stereocenters.